The van der Waals surface area contributed by atoms with E-state index in [0.29, 0.717) is 11.4 Å². The molecule has 5 nitrogen and oxygen atoms in total. The number of nitrogens with two attached hydrogens (primary N) is 1. The highest BCUT2D eigenvalue weighted by atomic mass is 16.4. The number of carbonyl (C=O) groups is 1. The molecule has 1 unspecified atom stereocenters. The fraction of sp³-hybridized carbons (Fsp3) is 0.364. The summed E-state index contributed by atoms with van der Waals surface area (Å²) in [6, 6.07) is 4.44. The number of rotatable bonds is 4. The maximum absolute atomic E-state index is 11.0. The van der Waals surface area contributed by atoms with Crippen LogP contribution in [0.15, 0.2) is 18.2 Å². The number of anilines is 2. The summed E-state index contributed by atoms with van der Waals surface area (Å²) >= 11 is 0. The number of aromatic carboxylic acids is 1. The molecule has 88 valence electrons. The Morgan fingerprint density at radius 2 is 2.19 bits per heavy atom. The van der Waals surface area contributed by atoms with E-state index in [2.05, 4.69) is 0 Å². The van der Waals surface area contributed by atoms with Gasteiger partial charge < -0.3 is 20.8 Å². The molecule has 16 heavy (non-hydrogen) atoms. The van der Waals surface area contributed by atoms with Crippen LogP contribution < -0.4 is 10.6 Å². The van der Waals surface area contributed by atoms with Gasteiger partial charge in [-0.25, -0.2) is 4.79 Å². The third kappa shape index (κ3) is 2.43. The first kappa shape index (κ1) is 12.3. The van der Waals surface area contributed by atoms with Crippen molar-refractivity contribution in [1.29, 1.82) is 0 Å². The van der Waals surface area contributed by atoms with Crippen LogP contribution in [-0.4, -0.2) is 35.9 Å². The SMILES string of the molecule is CC(CO)N(C)c1cc(N)ccc1C(=O)O. The minimum Gasteiger partial charge on any atom is -0.478 e. The third-order valence-corrected chi connectivity index (χ3v) is 2.56. The summed E-state index contributed by atoms with van der Waals surface area (Å²) in [4.78, 5) is 12.7. The van der Waals surface area contributed by atoms with Crippen molar-refractivity contribution in [2.24, 2.45) is 0 Å². The molecule has 0 aliphatic heterocycles. The number of hydrogen-bond acceptors (Lipinski definition) is 4. The van der Waals surface area contributed by atoms with Crippen molar-refractivity contribution in [3.8, 4) is 0 Å². The number of aliphatic hydroxyl groups excluding tert-OH is 1. The van der Waals surface area contributed by atoms with Crippen molar-refractivity contribution in [3.05, 3.63) is 23.8 Å². The van der Waals surface area contributed by atoms with E-state index in [1.54, 1.807) is 31.0 Å². The Kier molecular flexibility index (Phi) is 3.73. The summed E-state index contributed by atoms with van der Waals surface area (Å²) in [5.41, 5.74) is 6.81. The zero-order valence-corrected chi connectivity index (χ0v) is 9.34. The Bertz CT molecular complexity index is 393. The van der Waals surface area contributed by atoms with Crippen LogP contribution in [-0.2, 0) is 0 Å². The van der Waals surface area contributed by atoms with Gasteiger partial charge in [-0.15, -0.1) is 0 Å². The number of hydrogen-bond donors (Lipinski definition) is 3. The van der Waals surface area contributed by atoms with Gasteiger partial charge in [0.25, 0.3) is 0 Å². The van der Waals surface area contributed by atoms with Crippen molar-refractivity contribution in [2.75, 3.05) is 24.3 Å². The topological polar surface area (TPSA) is 86.8 Å². The molecule has 0 saturated carbocycles. The minimum absolute atomic E-state index is 0.0512. The van der Waals surface area contributed by atoms with E-state index in [-0.39, 0.29) is 18.2 Å². The van der Waals surface area contributed by atoms with Crippen LogP contribution in [0.25, 0.3) is 0 Å². The minimum atomic E-state index is -1.01. The zero-order chi connectivity index (χ0) is 12.3. The van der Waals surface area contributed by atoms with Gasteiger partial charge in [0, 0.05) is 18.8 Å². The first-order valence-corrected chi connectivity index (χ1v) is 4.94. The van der Waals surface area contributed by atoms with Gasteiger partial charge >= 0.3 is 5.97 Å². The van der Waals surface area contributed by atoms with Crippen LogP contribution in [0.4, 0.5) is 11.4 Å². The van der Waals surface area contributed by atoms with Gasteiger partial charge in [-0.2, -0.15) is 0 Å². The van der Waals surface area contributed by atoms with Crippen LogP contribution in [0, 0.1) is 0 Å². The van der Waals surface area contributed by atoms with Crippen LogP contribution >= 0.6 is 0 Å². The second kappa shape index (κ2) is 4.85. The Morgan fingerprint density at radius 3 is 2.69 bits per heavy atom. The molecule has 0 fully saturated rings. The Balaban J connectivity index is 3.19. The van der Waals surface area contributed by atoms with Crippen LogP contribution in [0.3, 0.4) is 0 Å². The van der Waals surface area contributed by atoms with Gasteiger partial charge in [0.15, 0.2) is 0 Å². The molecule has 0 aliphatic carbocycles. The lowest BCUT2D eigenvalue weighted by atomic mass is 10.1. The van der Waals surface area contributed by atoms with Crippen LogP contribution in [0.5, 0.6) is 0 Å². The summed E-state index contributed by atoms with van der Waals surface area (Å²) in [5.74, 6) is -1.01. The first-order chi connectivity index (χ1) is 7.47. The highest BCUT2D eigenvalue weighted by Crippen LogP contribution is 2.24. The zero-order valence-electron chi connectivity index (χ0n) is 9.34. The molecule has 1 atom stereocenters. The number of aliphatic hydroxyl groups is 1. The smallest absolute Gasteiger partial charge is 0.337 e. The number of carboxylic acid groups (broad SMARTS) is 1. The molecule has 1 aromatic rings. The van der Waals surface area contributed by atoms with Gasteiger partial charge in [0.2, 0.25) is 0 Å². The standard InChI is InChI=1S/C11H16N2O3/c1-7(6-14)13(2)10-5-8(12)3-4-9(10)11(15)16/h3-5,7,14H,6,12H2,1-2H3,(H,15,16). The van der Waals surface area contributed by atoms with E-state index >= 15 is 0 Å². The average molecular weight is 224 g/mol. The van der Waals surface area contributed by atoms with Crippen molar-refractivity contribution < 1.29 is 15.0 Å². The Morgan fingerprint density at radius 1 is 1.56 bits per heavy atom. The van der Waals surface area contributed by atoms with Gasteiger partial charge in [0.05, 0.1) is 17.9 Å². The van der Waals surface area contributed by atoms with E-state index in [1.807, 2.05) is 0 Å². The molecule has 0 aliphatic rings. The van der Waals surface area contributed by atoms with Gasteiger partial charge in [0.1, 0.15) is 0 Å². The largest absolute Gasteiger partial charge is 0.478 e. The quantitative estimate of drug-likeness (QED) is 0.658. The number of carboxylic acids is 1. The predicted molar refractivity (Wildman–Crippen MR) is 62.8 cm³/mol. The summed E-state index contributed by atoms with van der Waals surface area (Å²) in [7, 11) is 1.72. The molecule has 4 N–H and O–H groups in total. The second-order valence-corrected chi connectivity index (χ2v) is 3.72. The van der Waals surface area contributed by atoms with E-state index in [4.69, 9.17) is 15.9 Å². The fourth-order valence-corrected chi connectivity index (χ4v) is 1.38. The first-order valence-electron chi connectivity index (χ1n) is 4.94. The van der Waals surface area contributed by atoms with Crippen LogP contribution in [0.2, 0.25) is 0 Å². The third-order valence-electron chi connectivity index (χ3n) is 2.56. The number of likely N-dealkylation sites (N-methyl/N-ethyl adjacent to an activating group) is 1. The van der Waals surface area contributed by atoms with E-state index in [0.717, 1.165) is 0 Å². The number of nitrogens with zero attached hydrogens (tertiary/aromatic N) is 1. The molecule has 1 aromatic carbocycles. The predicted octanol–water partition coefficient (Wildman–Crippen LogP) is 0.784. The molecule has 0 heterocycles. The van der Waals surface area contributed by atoms with E-state index in [9.17, 15) is 4.79 Å². The molecular formula is C11H16N2O3. The molecular weight excluding hydrogens is 208 g/mol. The summed E-state index contributed by atoms with van der Waals surface area (Å²) in [6.45, 7) is 1.75. The van der Waals surface area contributed by atoms with Gasteiger partial charge in [-0.1, -0.05) is 0 Å². The molecule has 0 bridgehead atoms. The van der Waals surface area contributed by atoms with Gasteiger partial charge in [-0.05, 0) is 25.1 Å². The highest BCUT2D eigenvalue weighted by molar-refractivity contribution is 5.95. The molecule has 0 saturated heterocycles. The number of benzene rings is 1. The van der Waals surface area contributed by atoms with Crippen molar-refractivity contribution >= 4 is 17.3 Å². The summed E-state index contributed by atoms with van der Waals surface area (Å²) < 4.78 is 0. The van der Waals surface area contributed by atoms with Crippen molar-refractivity contribution in [1.82, 2.24) is 0 Å². The molecule has 0 aromatic heterocycles. The monoisotopic (exact) mass is 224 g/mol. The normalized spacial score (nSPS) is 12.2. The lowest BCUT2D eigenvalue weighted by Gasteiger charge is -2.27. The van der Waals surface area contributed by atoms with Crippen molar-refractivity contribution in [3.63, 3.8) is 0 Å². The Labute approximate surface area is 94.1 Å². The maximum Gasteiger partial charge on any atom is 0.337 e. The molecule has 0 amide bonds. The molecule has 0 spiro atoms. The molecule has 0 radical (unpaired) electrons. The lowest BCUT2D eigenvalue weighted by molar-refractivity contribution is 0.0697. The summed E-state index contributed by atoms with van der Waals surface area (Å²) in [5, 5.41) is 18.1. The van der Waals surface area contributed by atoms with Crippen molar-refractivity contribution in [2.45, 2.75) is 13.0 Å². The summed E-state index contributed by atoms with van der Waals surface area (Å²) in [6.07, 6.45) is 0. The molecule has 5 heteroatoms. The van der Waals surface area contributed by atoms with Crippen LogP contribution in [0.1, 0.15) is 17.3 Å². The Hall–Kier alpha value is -1.75. The second-order valence-electron chi connectivity index (χ2n) is 3.72. The highest BCUT2D eigenvalue weighted by Gasteiger charge is 2.17. The lowest BCUT2D eigenvalue weighted by Crippen LogP contribution is -2.33. The van der Waals surface area contributed by atoms with E-state index in [1.165, 1.54) is 6.07 Å². The fourth-order valence-electron chi connectivity index (χ4n) is 1.38. The van der Waals surface area contributed by atoms with E-state index < -0.39 is 5.97 Å². The molecule has 1 rings (SSSR count). The average Bonchev–Trinajstić information content (AvgIpc) is 2.26. The number of nitrogen functional groups attached to an aromatic ring is 1. The van der Waals surface area contributed by atoms with Gasteiger partial charge in [-0.3, -0.25) is 0 Å². The maximum atomic E-state index is 11.0.